The van der Waals surface area contributed by atoms with Gasteiger partial charge in [0.05, 0.1) is 10.7 Å². The Bertz CT molecular complexity index is 900. The number of rotatable bonds is 5. The number of imidazole rings is 1. The third kappa shape index (κ3) is 3.61. The topological polar surface area (TPSA) is 49.6 Å². The fraction of sp³-hybridized carbons (Fsp3) is 0.263. The second-order valence-corrected chi connectivity index (χ2v) is 6.56. The number of halogens is 1. The Hall–Kier alpha value is -2.53. The number of pyridine rings is 1. The van der Waals surface area contributed by atoms with Gasteiger partial charge in [0.1, 0.15) is 11.3 Å². The highest BCUT2D eigenvalue weighted by atomic mass is 35.5. The van der Waals surface area contributed by atoms with Crippen LogP contribution in [0.3, 0.4) is 0 Å². The van der Waals surface area contributed by atoms with Crippen LogP contribution in [0.2, 0.25) is 5.02 Å². The number of hydrogen-bond donors (Lipinski definition) is 1. The van der Waals surface area contributed by atoms with Crippen LogP contribution in [0.1, 0.15) is 29.5 Å². The molecular weight excluding hydrogens is 336 g/mol. The van der Waals surface area contributed by atoms with Crippen LogP contribution in [0.25, 0.3) is 5.65 Å². The molecule has 25 heavy (non-hydrogen) atoms. The Balaban J connectivity index is 1.95. The standard InChI is InChI=1S/C19H21ClN4O/c1-4-5-16-18(24-12-13(20)6-11-17(24)22-16)19(25)21-14-7-9-15(10-8-14)23(2)3/h6-12H,4-5H2,1-3H3,(H,21,25). The number of fused-ring (bicyclic) bond motifs is 1. The number of carbonyl (C=O) groups is 1. The number of aryl methyl sites for hydroxylation is 1. The highest BCUT2D eigenvalue weighted by molar-refractivity contribution is 6.30. The smallest absolute Gasteiger partial charge is 0.274 e. The lowest BCUT2D eigenvalue weighted by molar-refractivity contribution is 0.102. The van der Waals surface area contributed by atoms with Gasteiger partial charge < -0.3 is 10.2 Å². The first-order valence-electron chi connectivity index (χ1n) is 8.25. The summed E-state index contributed by atoms with van der Waals surface area (Å²) in [6.07, 6.45) is 3.38. The first-order valence-corrected chi connectivity index (χ1v) is 8.62. The minimum absolute atomic E-state index is 0.184. The summed E-state index contributed by atoms with van der Waals surface area (Å²) in [5.41, 5.74) is 3.87. The SMILES string of the molecule is CCCc1nc2ccc(Cl)cn2c1C(=O)Nc1ccc(N(C)C)cc1. The minimum atomic E-state index is -0.184. The first-order chi connectivity index (χ1) is 12.0. The lowest BCUT2D eigenvalue weighted by Gasteiger charge is -2.13. The maximum absolute atomic E-state index is 12.9. The van der Waals surface area contributed by atoms with E-state index in [2.05, 4.69) is 17.2 Å². The van der Waals surface area contributed by atoms with Gasteiger partial charge in [-0.05, 0) is 42.8 Å². The lowest BCUT2D eigenvalue weighted by Crippen LogP contribution is -2.16. The molecular formula is C19H21ClN4O. The van der Waals surface area contributed by atoms with Gasteiger partial charge in [0.15, 0.2) is 0 Å². The van der Waals surface area contributed by atoms with Gasteiger partial charge in [0, 0.05) is 31.7 Å². The molecule has 3 rings (SSSR count). The molecule has 0 fully saturated rings. The number of amides is 1. The van der Waals surface area contributed by atoms with E-state index in [9.17, 15) is 4.79 Å². The van der Waals surface area contributed by atoms with Crippen LogP contribution in [-0.4, -0.2) is 29.4 Å². The van der Waals surface area contributed by atoms with Crippen LogP contribution in [0.5, 0.6) is 0 Å². The average molecular weight is 357 g/mol. The van der Waals surface area contributed by atoms with Crippen molar-refractivity contribution in [2.24, 2.45) is 0 Å². The second kappa shape index (κ2) is 7.15. The zero-order chi connectivity index (χ0) is 18.0. The fourth-order valence-electron chi connectivity index (χ4n) is 2.75. The summed E-state index contributed by atoms with van der Waals surface area (Å²) in [6.45, 7) is 2.07. The molecule has 0 unspecified atom stereocenters. The van der Waals surface area contributed by atoms with E-state index in [4.69, 9.17) is 11.6 Å². The number of nitrogens with one attached hydrogen (secondary N) is 1. The molecule has 2 aromatic heterocycles. The zero-order valence-corrected chi connectivity index (χ0v) is 15.3. The molecule has 1 amide bonds. The Labute approximate surface area is 152 Å². The number of nitrogens with zero attached hydrogens (tertiary/aromatic N) is 3. The maximum Gasteiger partial charge on any atom is 0.274 e. The van der Waals surface area contributed by atoms with Gasteiger partial charge in [-0.15, -0.1) is 0 Å². The molecule has 1 N–H and O–H groups in total. The summed E-state index contributed by atoms with van der Waals surface area (Å²) >= 11 is 6.10. The Kier molecular flexibility index (Phi) is 4.95. The van der Waals surface area contributed by atoms with E-state index in [1.807, 2.05) is 49.3 Å². The summed E-state index contributed by atoms with van der Waals surface area (Å²) in [5, 5.41) is 3.53. The highest BCUT2D eigenvalue weighted by Gasteiger charge is 2.19. The number of benzene rings is 1. The molecule has 0 saturated heterocycles. The van der Waals surface area contributed by atoms with Crippen molar-refractivity contribution < 1.29 is 4.79 Å². The molecule has 0 aliphatic rings. The number of anilines is 2. The summed E-state index contributed by atoms with van der Waals surface area (Å²) in [5.74, 6) is -0.184. The Morgan fingerprint density at radius 2 is 1.92 bits per heavy atom. The number of aromatic nitrogens is 2. The number of carbonyl (C=O) groups excluding carboxylic acids is 1. The summed E-state index contributed by atoms with van der Waals surface area (Å²) < 4.78 is 1.76. The van der Waals surface area contributed by atoms with Crippen molar-refractivity contribution in [1.29, 1.82) is 0 Å². The Morgan fingerprint density at radius 3 is 2.56 bits per heavy atom. The van der Waals surface area contributed by atoms with Crippen molar-refractivity contribution in [3.05, 3.63) is 59.0 Å². The van der Waals surface area contributed by atoms with Crippen LogP contribution < -0.4 is 10.2 Å². The molecule has 0 saturated carbocycles. The molecule has 5 nitrogen and oxygen atoms in total. The minimum Gasteiger partial charge on any atom is -0.378 e. The summed E-state index contributed by atoms with van der Waals surface area (Å²) in [7, 11) is 3.96. The quantitative estimate of drug-likeness (QED) is 0.743. The third-order valence-corrected chi connectivity index (χ3v) is 4.22. The van der Waals surface area contributed by atoms with Crippen molar-refractivity contribution in [3.63, 3.8) is 0 Å². The normalized spacial score (nSPS) is 10.9. The average Bonchev–Trinajstić information content (AvgIpc) is 2.93. The highest BCUT2D eigenvalue weighted by Crippen LogP contribution is 2.21. The van der Waals surface area contributed by atoms with E-state index in [1.165, 1.54) is 0 Å². The van der Waals surface area contributed by atoms with E-state index in [1.54, 1.807) is 16.7 Å². The summed E-state index contributed by atoms with van der Waals surface area (Å²) in [4.78, 5) is 19.5. The monoisotopic (exact) mass is 356 g/mol. The van der Waals surface area contributed by atoms with E-state index < -0.39 is 0 Å². The van der Waals surface area contributed by atoms with Gasteiger partial charge >= 0.3 is 0 Å². The molecule has 0 spiro atoms. The first kappa shape index (κ1) is 17.3. The van der Waals surface area contributed by atoms with Crippen molar-refractivity contribution >= 4 is 34.5 Å². The molecule has 3 aromatic rings. The summed E-state index contributed by atoms with van der Waals surface area (Å²) in [6, 6.07) is 11.3. The van der Waals surface area contributed by atoms with Gasteiger partial charge in [-0.25, -0.2) is 4.98 Å². The molecule has 0 radical (unpaired) electrons. The van der Waals surface area contributed by atoms with Gasteiger partial charge in [-0.3, -0.25) is 9.20 Å². The predicted molar refractivity (Wildman–Crippen MR) is 103 cm³/mol. The third-order valence-electron chi connectivity index (χ3n) is 4.00. The maximum atomic E-state index is 12.9. The van der Waals surface area contributed by atoms with E-state index in [0.29, 0.717) is 10.7 Å². The Morgan fingerprint density at radius 1 is 1.20 bits per heavy atom. The van der Waals surface area contributed by atoms with Gasteiger partial charge in [0.2, 0.25) is 0 Å². The zero-order valence-electron chi connectivity index (χ0n) is 14.6. The van der Waals surface area contributed by atoms with Crippen molar-refractivity contribution in [2.45, 2.75) is 19.8 Å². The van der Waals surface area contributed by atoms with E-state index in [-0.39, 0.29) is 5.91 Å². The second-order valence-electron chi connectivity index (χ2n) is 6.13. The van der Waals surface area contributed by atoms with Crippen LogP contribution in [0, 0.1) is 0 Å². The molecule has 130 valence electrons. The molecule has 0 bridgehead atoms. The van der Waals surface area contributed by atoms with Crippen LogP contribution in [0.15, 0.2) is 42.6 Å². The van der Waals surface area contributed by atoms with Gasteiger partial charge in [-0.2, -0.15) is 0 Å². The van der Waals surface area contributed by atoms with Gasteiger partial charge in [-0.1, -0.05) is 24.9 Å². The molecule has 0 aliphatic carbocycles. The van der Waals surface area contributed by atoms with Gasteiger partial charge in [0.25, 0.3) is 5.91 Å². The molecule has 2 heterocycles. The van der Waals surface area contributed by atoms with Crippen molar-refractivity contribution in [2.75, 3.05) is 24.3 Å². The molecule has 1 aromatic carbocycles. The van der Waals surface area contributed by atoms with E-state index >= 15 is 0 Å². The van der Waals surface area contributed by atoms with Crippen molar-refractivity contribution in [3.8, 4) is 0 Å². The predicted octanol–water partition coefficient (Wildman–Crippen LogP) is 4.26. The largest absolute Gasteiger partial charge is 0.378 e. The fourth-order valence-corrected chi connectivity index (χ4v) is 2.91. The lowest BCUT2D eigenvalue weighted by atomic mass is 10.2. The molecule has 6 heteroatoms. The van der Waals surface area contributed by atoms with Crippen LogP contribution >= 0.6 is 11.6 Å². The number of hydrogen-bond acceptors (Lipinski definition) is 3. The molecule has 0 atom stereocenters. The van der Waals surface area contributed by atoms with Crippen LogP contribution in [-0.2, 0) is 6.42 Å². The van der Waals surface area contributed by atoms with Crippen LogP contribution in [0.4, 0.5) is 11.4 Å². The van der Waals surface area contributed by atoms with E-state index in [0.717, 1.165) is 35.6 Å². The molecule has 0 aliphatic heterocycles. The van der Waals surface area contributed by atoms with Crippen molar-refractivity contribution in [1.82, 2.24) is 9.38 Å².